The lowest BCUT2D eigenvalue weighted by molar-refractivity contribution is -0.115. The highest BCUT2D eigenvalue weighted by Crippen LogP contribution is 2.37. The summed E-state index contributed by atoms with van der Waals surface area (Å²) in [7, 11) is 0. The predicted octanol–water partition coefficient (Wildman–Crippen LogP) is 6.16. The number of nitrogens with one attached hydrogen (secondary N) is 1. The van der Waals surface area contributed by atoms with Crippen LogP contribution in [0.25, 0.3) is 0 Å². The van der Waals surface area contributed by atoms with Gasteiger partial charge in [0.15, 0.2) is 0 Å². The lowest BCUT2D eigenvalue weighted by atomic mass is 10.1. The van der Waals surface area contributed by atoms with Crippen LogP contribution in [0.15, 0.2) is 94.7 Å². The zero-order valence-electron chi connectivity index (χ0n) is 15.2. The van der Waals surface area contributed by atoms with Crippen molar-refractivity contribution in [3.05, 3.63) is 90.5 Å². The molecule has 0 radical (unpaired) electrons. The number of anilines is 1. The zero-order chi connectivity index (χ0) is 19.6. The van der Waals surface area contributed by atoms with Crippen molar-refractivity contribution in [2.24, 2.45) is 0 Å². The number of thioether (sulfide) groups is 2. The number of hydrogen-bond donors (Lipinski definition) is 1. The number of carbonyl (C=O) groups is 1. The van der Waals surface area contributed by atoms with Gasteiger partial charge in [0.2, 0.25) is 5.91 Å². The molecule has 1 atom stereocenters. The number of hydrogen-bond acceptors (Lipinski definition) is 4. The van der Waals surface area contributed by atoms with E-state index in [9.17, 15) is 4.79 Å². The van der Waals surface area contributed by atoms with Gasteiger partial charge in [-0.25, -0.2) is 0 Å². The Morgan fingerprint density at radius 3 is 2.29 bits per heavy atom. The highest BCUT2D eigenvalue weighted by atomic mass is 32.2. The first-order valence-electron chi connectivity index (χ1n) is 8.94. The van der Waals surface area contributed by atoms with E-state index < -0.39 is 0 Å². The van der Waals surface area contributed by atoms with Crippen molar-refractivity contribution in [1.82, 2.24) is 0 Å². The molecule has 1 N–H and O–H groups in total. The summed E-state index contributed by atoms with van der Waals surface area (Å²) >= 11 is 3.12. The second-order valence-corrected chi connectivity index (χ2v) is 8.28. The Kier molecular flexibility index (Phi) is 7.60. The minimum Gasteiger partial charge on any atom is -0.324 e. The molecule has 0 aromatic heterocycles. The molecule has 0 bridgehead atoms. The summed E-state index contributed by atoms with van der Waals surface area (Å²) in [5.74, 6) is 0.637. The molecule has 140 valence electrons. The van der Waals surface area contributed by atoms with Crippen LogP contribution in [0.3, 0.4) is 0 Å². The number of nitriles is 1. The van der Waals surface area contributed by atoms with Gasteiger partial charge < -0.3 is 5.32 Å². The van der Waals surface area contributed by atoms with Gasteiger partial charge in [-0.1, -0.05) is 60.7 Å². The SMILES string of the molecule is N#CCCSc1ccccc1NC(=O)C(Sc1ccccc1)c1ccccc1. The smallest absolute Gasteiger partial charge is 0.242 e. The molecule has 0 heterocycles. The van der Waals surface area contributed by atoms with E-state index in [1.807, 2.05) is 84.9 Å². The standard InChI is InChI=1S/C23H20N2OS2/c24-16-9-17-27-21-15-8-7-14-20(21)25-23(26)22(18-10-3-1-4-11-18)28-19-12-5-2-6-13-19/h1-8,10-15,22H,9,17H2,(H,25,26). The summed E-state index contributed by atoms with van der Waals surface area (Å²) in [6, 6.07) is 29.6. The monoisotopic (exact) mass is 404 g/mol. The van der Waals surface area contributed by atoms with E-state index in [4.69, 9.17) is 5.26 Å². The van der Waals surface area contributed by atoms with Crippen LogP contribution in [0.5, 0.6) is 0 Å². The van der Waals surface area contributed by atoms with Crippen LogP contribution in [-0.2, 0) is 4.79 Å². The summed E-state index contributed by atoms with van der Waals surface area (Å²) in [5.41, 5.74) is 1.74. The van der Waals surface area contributed by atoms with Gasteiger partial charge in [0.25, 0.3) is 0 Å². The first-order chi connectivity index (χ1) is 13.8. The Balaban J connectivity index is 1.81. The first kappa shape index (κ1) is 20.1. The van der Waals surface area contributed by atoms with E-state index in [2.05, 4.69) is 11.4 Å². The number of nitrogens with zero attached hydrogens (tertiary/aromatic N) is 1. The van der Waals surface area contributed by atoms with Crippen LogP contribution in [0.4, 0.5) is 5.69 Å². The van der Waals surface area contributed by atoms with E-state index in [0.717, 1.165) is 21.0 Å². The second kappa shape index (κ2) is 10.6. The summed E-state index contributed by atoms with van der Waals surface area (Å²) < 4.78 is 0. The Bertz CT molecular complexity index is 940. The average molecular weight is 405 g/mol. The molecule has 0 aliphatic rings. The quantitative estimate of drug-likeness (QED) is 0.361. The highest BCUT2D eigenvalue weighted by molar-refractivity contribution is 8.00. The molecule has 3 rings (SSSR count). The van der Waals surface area contributed by atoms with Gasteiger partial charge in [0.05, 0.1) is 11.8 Å². The summed E-state index contributed by atoms with van der Waals surface area (Å²) in [5, 5.41) is 11.5. The molecule has 0 saturated heterocycles. The van der Waals surface area contributed by atoms with E-state index in [1.54, 1.807) is 11.8 Å². The molecule has 3 aromatic carbocycles. The van der Waals surface area contributed by atoms with Crippen molar-refractivity contribution in [2.75, 3.05) is 11.1 Å². The zero-order valence-corrected chi connectivity index (χ0v) is 16.9. The molecule has 0 aliphatic heterocycles. The Morgan fingerprint density at radius 2 is 1.57 bits per heavy atom. The lowest BCUT2D eigenvalue weighted by Crippen LogP contribution is -2.19. The molecule has 0 saturated carbocycles. The fourth-order valence-electron chi connectivity index (χ4n) is 2.64. The molecule has 3 nitrogen and oxygen atoms in total. The van der Waals surface area contributed by atoms with E-state index in [0.29, 0.717) is 12.2 Å². The van der Waals surface area contributed by atoms with Crippen molar-refractivity contribution in [3.8, 4) is 6.07 Å². The maximum atomic E-state index is 13.2. The Hall–Kier alpha value is -2.68. The molecular weight excluding hydrogens is 384 g/mol. The number of benzene rings is 3. The molecule has 0 fully saturated rings. The molecule has 1 amide bonds. The van der Waals surface area contributed by atoms with Crippen LogP contribution in [0.2, 0.25) is 0 Å². The Labute approximate surface area is 174 Å². The first-order valence-corrected chi connectivity index (χ1v) is 10.8. The fourth-order valence-corrected chi connectivity index (χ4v) is 4.54. The summed E-state index contributed by atoms with van der Waals surface area (Å²) in [6.07, 6.45) is 0.476. The third kappa shape index (κ3) is 5.66. The van der Waals surface area contributed by atoms with Gasteiger partial charge in [-0.15, -0.1) is 23.5 Å². The lowest BCUT2D eigenvalue weighted by Gasteiger charge is -2.18. The Morgan fingerprint density at radius 1 is 0.929 bits per heavy atom. The maximum Gasteiger partial charge on any atom is 0.242 e. The third-order valence-corrected chi connectivity index (χ3v) is 6.30. The van der Waals surface area contributed by atoms with Crippen LogP contribution < -0.4 is 5.32 Å². The number of para-hydroxylation sites is 1. The second-order valence-electron chi connectivity index (χ2n) is 5.96. The van der Waals surface area contributed by atoms with Crippen LogP contribution in [0.1, 0.15) is 17.2 Å². The number of rotatable bonds is 8. The van der Waals surface area contributed by atoms with Gasteiger partial charge >= 0.3 is 0 Å². The largest absolute Gasteiger partial charge is 0.324 e. The maximum absolute atomic E-state index is 13.2. The molecule has 0 spiro atoms. The normalized spacial score (nSPS) is 11.4. The van der Waals surface area contributed by atoms with Crippen molar-refractivity contribution >= 4 is 35.1 Å². The molecule has 1 unspecified atom stereocenters. The molecule has 0 aliphatic carbocycles. The minimum absolute atomic E-state index is 0.0617. The minimum atomic E-state index is -0.360. The van der Waals surface area contributed by atoms with Crippen LogP contribution >= 0.6 is 23.5 Å². The summed E-state index contributed by atoms with van der Waals surface area (Å²) in [6.45, 7) is 0. The van der Waals surface area contributed by atoms with Gasteiger partial charge in [0.1, 0.15) is 5.25 Å². The third-order valence-electron chi connectivity index (χ3n) is 3.95. The molecule has 5 heteroatoms. The van der Waals surface area contributed by atoms with E-state index >= 15 is 0 Å². The summed E-state index contributed by atoms with van der Waals surface area (Å²) in [4.78, 5) is 15.2. The van der Waals surface area contributed by atoms with Gasteiger partial charge in [-0.3, -0.25) is 4.79 Å². The van der Waals surface area contributed by atoms with Crippen LogP contribution in [0, 0.1) is 11.3 Å². The molecule has 3 aromatic rings. The van der Waals surface area contributed by atoms with Crippen molar-refractivity contribution in [3.63, 3.8) is 0 Å². The van der Waals surface area contributed by atoms with Gasteiger partial charge in [0, 0.05) is 22.0 Å². The average Bonchev–Trinajstić information content (AvgIpc) is 2.75. The van der Waals surface area contributed by atoms with Gasteiger partial charge in [-0.2, -0.15) is 5.26 Å². The van der Waals surface area contributed by atoms with Crippen molar-refractivity contribution in [2.45, 2.75) is 21.5 Å². The highest BCUT2D eigenvalue weighted by Gasteiger charge is 2.22. The van der Waals surface area contributed by atoms with Crippen molar-refractivity contribution in [1.29, 1.82) is 5.26 Å². The van der Waals surface area contributed by atoms with E-state index in [1.165, 1.54) is 11.8 Å². The molecular formula is C23H20N2OS2. The predicted molar refractivity (Wildman–Crippen MR) is 118 cm³/mol. The van der Waals surface area contributed by atoms with Crippen LogP contribution in [-0.4, -0.2) is 11.7 Å². The van der Waals surface area contributed by atoms with E-state index in [-0.39, 0.29) is 11.2 Å². The van der Waals surface area contributed by atoms with Gasteiger partial charge in [-0.05, 0) is 29.8 Å². The molecule has 28 heavy (non-hydrogen) atoms. The fraction of sp³-hybridized carbons (Fsp3) is 0.130. The van der Waals surface area contributed by atoms with Crippen molar-refractivity contribution < 1.29 is 4.79 Å². The topological polar surface area (TPSA) is 52.9 Å². The number of amides is 1. The number of carbonyl (C=O) groups excluding carboxylic acids is 1.